The molecule has 1 aliphatic rings. The van der Waals surface area contributed by atoms with Crippen LogP contribution in [0.15, 0.2) is 66.7 Å². The van der Waals surface area contributed by atoms with Gasteiger partial charge in [0.1, 0.15) is 11.6 Å². The van der Waals surface area contributed by atoms with Crippen LogP contribution in [0.25, 0.3) is 0 Å². The summed E-state index contributed by atoms with van der Waals surface area (Å²) in [4.78, 5) is 25.1. The summed E-state index contributed by atoms with van der Waals surface area (Å²) in [5, 5.41) is 5.46. The molecule has 3 aromatic carbocycles. The van der Waals surface area contributed by atoms with Crippen LogP contribution in [0.4, 0.5) is 15.8 Å². The summed E-state index contributed by atoms with van der Waals surface area (Å²) in [5.41, 5.74) is 3.68. The average molecular weight is 418 g/mol. The number of halogens is 1. The van der Waals surface area contributed by atoms with Gasteiger partial charge in [0.2, 0.25) is 0 Å². The number of carbonyl (C=O) groups excluding carboxylic acids is 2. The van der Waals surface area contributed by atoms with E-state index in [4.69, 9.17) is 4.74 Å². The predicted molar refractivity (Wildman–Crippen MR) is 118 cm³/mol. The van der Waals surface area contributed by atoms with Gasteiger partial charge in [0.05, 0.1) is 11.3 Å². The maximum atomic E-state index is 13.7. The zero-order chi connectivity index (χ0) is 21.6. The van der Waals surface area contributed by atoms with Gasteiger partial charge in [-0.15, -0.1) is 0 Å². The number of nitrogens with one attached hydrogen (secondary N) is 2. The van der Waals surface area contributed by atoms with Crippen molar-refractivity contribution in [2.75, 3.05) is 17.2 Å². The number of aryl methyl sites for hydroxylation is 1. The van der Waals surface area contributed by atoms with Crippen LogP contribution in [-0.2, 0) is 17.6 Å². The van der Waals surface area contributed by atoms with E-state index in [2.05, 4.69) is 16.7 Å². The molecule has 0 bridgehead atoms. The van der Waals surface area contributed by atoms with Crippen LogP contribution in [-0.4, -0.2) is 18.4 Å². The van der Waals surface area contributed by atoms with Crippen molar-refractivity contribution >= 4 is 23.2 Å². The second kappa shape index (κ2) is 9.43. The number of carbonyl (C=O) groups is 2. The van der Waals surface area contributed by atoms with E-state index in [1.807, 2.05) is 12.1 Å². The number of hydrogen-bond acceptors (Lipinski definition) is 3. The zero-order valence-electron chi connectivity index (χ0n) is 17.0. The standard InChI is InChI=1S/C25H23FN2O3/c26-20-12-4-5-13-22(20)27-24(29)16-31-23-15-6-3-11-19(23)25(30)28-21-14-7-9-17-8-1-2-10-18(17)21/h3-7,9,11-15H,1-2,8,10,16H2,(H,27,29)(H,28,30). The summed E-state index contributed by atoms with van der Waals surface area (Å²) in [5.74, 6) is -1.06. The second-order valence-corrected chi connectivity index (χ2v) is 7.42. The largest absolute Gasteiger partial charge is 0.483 e. The van der Waals surface area contributed by atoms with Crippen molar-refractivity contribution < 1.29 is 18.7 Å². The van der Waals surface area contributed by atoms with E-state index in [0.717, 1.165) is 31.4 Å². The Morgan fingerprint density at radius 1 is 0.839 bits per heavy atom. The number of para-hydroxylation sites is 2. The van der Waals surface area contributed by atoms with Crippen LogP contribution < -0.4 is 15.4 Å². The van der Waals surface area contributed by atoms with Gasteiger partial charge >= 0.3 is 0 Å². The number of rotatable bonds is 6. The maximum Gasteiger partial charge on any atom is 0.262 e. The summed E-state index contributed by atoms with van der Waals surface area (Å²) in [6, 6.07) is 18.6. The molecule has 0 radical (unpaired) electrons. The van der Waals surface area contributed by atoms with Crippen molar-refractivity contribution in [3.63, 3.8) is 0 Å². The smallest absolute Gasteiger partial charge is 0.262 e. The number of fused-ring (bicyclic) bond motifs is 1. The third kappa shape index (κ3) is 4.91. The second-order valence-electron chi connectivity index (χ2n) is 7.42. The highest BCUT2D eigenvalue weighted by molar-refractivity contribution is 6.06. The first-order valence-corrected chi connectivity index (χ1v) is 10.3. The molecule has 3 aromatic rings. The molecule has 158 valence electrons. The van der Waals surface area contributed by atoms with E-state index in [1.54, 1.807) is 36.4 Å². The lowest BCUT2D eigenvalue weighted by Crippen LogP contribution is -2.22. The Labute approximate surface area is 180 Å². The van der Waals surface area contributed by atoms with Gasteiger partial charge < -0.3 is 15.4 Å². The molecular formula is C25H23FN2O3. The topological polar surface area (TPSA) is 67.4 Å². The highest BCUT2D eigenvalue weighted by atomic mass is 19.1. The lowest BCUT2D eigenvalue weighted by Gasteiger charge is -2.20. The minimum absolute atomic E-state index is 0.0796. The fourth-order valence-electron chi connectivity index (χ4n) is 3.76. The van der Waals surface area contributed by atoms with Crippen LogP contribution in [0.2, 0.25) is 0 Å². The van der Waals surface area contributed by atoms with E-state index >= 15 is 0 Å². The highest BCUT2D eigenvalue weighted by Gasteiger charge is 2.18. The quantitative estimate of drug-likeness (QED) is 0.594. The Morgan fingerprint density at radius 3 is 2.45 bits per heavy atom. The average Bonchev–Trinajstić information content (AvgIpc) is 2.80. The molecule has 6 heteroatoms. The van der Waals surface area contributed by atoms with Gasteiger partial charge in [0.15, 0.2) is 6.61 Å². The predicted octanol–water partition coefficient (Wildman–Crippen LogP) is 4.97. The summed E-state index contributed by atoms with van der Waals surface area (Å²) in [6.45, 7) is -0.348. The van der Waals surface area contributed by atoms with Crippen LogP contribution in [0, 0.1) is 5.82 Å². The molecule has 0 heterocycles. The van der Waals surface area contributed by atoms with Gasteiger partial charge in [-0.3, -0.25) is 9.59 Å². The Hall–Kier alpha value is -3.67. The number of hydrogen-bond donors (Lipinski definition) is 2. The molecule has 0 aromatic heterocycles. The molecule has 31 heavy (non-hydrogen) atoms. The van der Waals surface area contributed by atoms with E-state index in [1.165, 1.54) is 23.3 Å². The fraction of sp³-hybridized carbons (Fsp3) is 0.200. The van der Waals surface area contributed by atoms with Gasteiger partial charge in [-0.1, -0.05) is 36.4 Å². The first kappa shape index (κ1) is 20.6. The Bertz CT molecular complexity index is 1110. The number of benzene rings is 3. The molecule has 0 atom stereocenters. The number of amides is 2. The molecule has 4 rings (SSSR count). The van der Waals surface area contributed by atoms with Crippen LogP contribution >= 0.6 is 0 Å². The van der Waals surface area contributed by atoms with Gasteiger partial charge in [-0.2, -0.15) is 0 Å². The molecule has 5 nitrogen and oxygen atoms in total. The molecule has 2 N–H and O–H groups in total. The van der Waals surface area contributed by atoms with Crippen molar-refractivity contribution in [3.05, 3.63) is 89.2 Å². The first-order valence-electron chi connectivity index (χ1n) is 10.3. The van der Waals surface area contributed by atoms with Crippen LogP contribution in [0.5, 0.6) is 5.75 Å². The van der Waals surface area contributed by atoms with Crippen molar-refractivity contribution in [2.24, 2.45) is 0 Å². The highest BCUT2D eigenvalue weighted by Crippen LogP contribution is 2.29. The van der Waals surface area contributed by atoms with Crippen molar-refractivity contribution in [3.8, 4) is 5.75 Å². The molecule has 2 amide bonds. The maximum absolute atomic E-state index is 13.7. The van der Waals surface area contributed by atoms with Gasteiger partial charge in [0.25, 0.3) is 11.8 Å². The summed E-state index contributed by atoms with van der Waals surface area (Å²) < 4.78 is 19.3. The van der Waals surface area contributed by atoms with Gasteiger partial charge in [0, 0.05) is 5.69 Å². The third-order valence-electron chi connectivity index (χ3n) is 5.28. The van der Waals surface area contributed by atoms with Gasteiger partial charge in [-0.25, -0.2) is 4.39 Å². The van der Waals surface area contributed by atoms with Crippen LogP contribution in [0.3, 0.4) is 0 Å². The number of anilines is 2. The molecular weight excluding hydrogens is 395 g/mol. The molecule has 0 saturated carbocycles. The summed E-state index contributed by atoms with van der Waals surface area (Å²) >= 11 is 0. The Morgan fingerprint density at radius 2 is 1.58 bits per heavy atom. The van der Waals surface area contributed by atoms with Crippen molar-refractivity contribution in [1.82, 2.24) is 0 Å². The van der Waals surface area contributed by atoms with Crippen molar-refractivity contribution in [2.45, 2.75) is 25.7 Å². The molecule has 1 aliphatic carbocycles. The van der Waals surface area contributed by atoms with E-state index in [9.17, 15) is 14.0 Å². The van der Waals surface area contributed by atoms with E-state index in [0.29, 0.717) is 5.56 Å². The van der Waals surface area contributed by atoms with Crippen molar-refractivity contribution in [1.29, 1.82) is 0 Å². The first-order chi connectivity index (χ1) is 15.1. The minimum Gasteiger partial charge on any atom is -0.483 e. The SMILES string of the molecule is O=C(COc1ccccc1C(=O)Nc1cccc2c1CCCC2)Nc1ccccc1F. The van der Waals surface area contributed by atoms with Crippen LogP contribution in [0.1, 0.15) is 34.3 Å². The molecule has 0 spiro atoms. The fourth-order valence-corrected chi connectivity index (χ4v) is 3.76. The Kier molecular flexibility index (Phi) is 6.26. The zero-order valence-corrected chi connectivity index (χ0v) is 17.0. The molecule has 0 aliphatic heterocycles. The lowest BCUT2D eigenvalue weighted by molar-refractivity contribution is -0.118. The molecule has 0 saturated heterocycles. The minimum atomic E-state index is -0.526. The number of ether oxygens (including phenoxy) is 1. The monoisotopic (exact) mass is 418 g/mol. The summed E-state index contributed by atoms with van der Waals surface area (Å²) in [6.07, 6.45) is 4.24. The Balaban J connectivity index is 1.44. The van der Waals surface area contributed by atoms with E-state index in [-0.39, 0.29) is 24.0 Å². The van der Waals surface area contributed by atoms with E-state index < -0.39 is 11.7 Å². The summed E-state index contributed by atoms with van der Waals surface area (Å²) in [7, 11) is 0. The normalized spacial score (nSPS) is 12.5. The third-order valence-corrected chi connectivity index (χ3v) is 5.28. The molecule has 0 unspecified atom stereocenters. The van der Waals surface area contributed by atoms with Gasteiger partial charge in [-0.05, 0) is 67.1 Å². The molecule has 0 fully saturated rings. The lowest BCUT2D eigenvalue weighted by atomic mass is 9.90.